The molecule has 0 saturated carbocycles. The Morgan fingerprint density at radius 3 is 2.78 bits per heavy atom. The van der Waals surface area contributed by atoms with Gasteiger partial charge in [0.2, 0.25) is 0 Å². The van der Waals surface area contributed by atoms with Crippen LogP contribution in [-0.4, -0.2) is 0 Å². The van der Waals surface area contributed by atoms with Crippen molar-refractivity contribution in [1.82, 2.24) is 5.43 Å². The summed E-state index contributed by atoms with van der Waals surface area (Å²) >= 11 is 10.7. The smallest absolute Gasteiger partial charge is 0.127 e. The van der Waals surface area contributed by atoms with Crippen LogP contribution in [0.3, 0.4) is 0 Å². The Morgan fingerprint density at radius 1 is 1.44 bits per heavy atom. The highest BCUT2D eigenvalue weighted by Gasteiger charge is 2.14. The average Bonchev–Trinajstić information content (AvgIpc) is 2.75. The van der Waals surface area contributed by atoms with Gasteiger partial charge in [-0.05, 0) is 57.1 Å². The predicted molar refractivity (Wildman–Crippen MR) is 77.2 cm³/mol. The molecule has 6 heteroatoms. The molecule has 2 nitrogen and oxygen atoms in total. The molecule has 0 bridgehead atoms. The maximum atomic E-state index is 13.7. The lowest BCUT2D eigenvalue weighted by Gasteiger charge is -2.15. The van der Waals surface area contributed by atoms with E-state index in [4.69, 9.17) is 17.4 Å². The van der Waals surface area contributed by atoms with E-state index in [0.717, 1.165) is 9.35 Å². The molecule has 1 heterocycles. The van der Waals surface area contributed by atoms with Crippen molar-refractivity contribution in [3.63, 3.8) is 0 Å². The first-order valence-electron chi connectivity index (χ1n) is 5.24. The molecule has 0 saturated heterocycles. The molecule has 1 aromatic carbocycles. The van der Waals surface area contributed by atoms with Gasteiger partial charge in [-0.25, -0.2) is 4.39 Å². The van der Waals surface area contributed by atoms with Crippen LogP contribution in [0.5, 0.6) is 0 Å². The third kappa shape index (κ3) is 3.30. The van der Waals surface area contributed by atoms with Crippen LogP contribution in [-0.2, 0) is 6.42 Å². The molecule has 18 heavy (non-hydrogen) atoms. The monoisotopic (exact) mass is 348 g/mol. The minimum absolute atomic E-state index is 0.122. The van der Waals surface area contributed by atoms with Gasteiger partial charge in [-0.3, -0.25) is 11.3 Å². The average molecular weight is 350 g/mol. The summed E-state index contributed by atoms with van der Waals surface area (Å²) in [6.45, 7) is 0. The van der Waals surface area contributed by atoms with Crippen molar-refractivity contribution in [3.8, 4) is 0 Å². The summed E-state index contributed by atoms with van der Waals surface area (Å²) in [6, 6.07) is 6.53. The van der Waals surface area contributed by atoms with Gasteiger partial charge in [-0.2, -0.15) is 0 Å². The van der Waals surface area contributed by atoms with Gasteiger partial charge in [0.25, 0.3) is 0 Å². The second-order valence-electron chi connectivity index (χ2n) is 3.84. The Balaban J connectivity index is 2.20. The first-order chi connectivity index (χ1) is 8.60. The lowest BCUT2D eigenvalue weighted by Crippen LogP contribution is -2.29. The second kappa shape index (κ2) is 6.12. The fourth-order valence-electron chi connectivity index (χ4n) is 1.69. The Bertz CT molecular complexity index is 547. The summed E-state index contributed by atoms with van der Waals surface area (Å²) in [4.78, 5) is 0. The third-order valence-corrected chi connectivity index (χ3v) is 4.39. The summed E-state index contributed by atoms with van der Waals surface area (Å²) in [5, 5.41) is 2.38. The first-order valence-corrected chi connectivity index (χ1v) is 7.29. The lowest BCUT2D eigenvalue weighted by molar-refractivity contribution is 0.530. The number of nitrogens with one attached hydrogen (secondary N) is 1. The van der Waals surface area contributed by atoms with Crippen LogP contribution in [0.2, 0.25) is 5.02 Å². The second-order valence-corrected chi connectivity index (χ2v) is 6.57. The summed E-state index contributed by atoms with van der Waals surface area (Å²) in [5.41, 5.74) is 4.33. The number of hydrogen-bond acceptors (Lipinski definition) is 3. The largest absolute Gasteiger partial charge is 0.271 e. The fourth-order valence-corrected chi connectivity index (χ4v) is 3.07. The molecule has 0 aliphatic carbocycles. The van der Waals surface area contributed by atoms with Crippen LogP contribution in [0.15, 0.2) is 33.4 Å². The van der Waals surface area contributed by atoms with E-state index in [1.807, 2.05) is 11.4 Å². The molecular formula is C12H11BrClFN2S. The van der Waals surface area contributed by atoms with Gasteiger partial charge >= 0.3 is 0 Å². The Hall–Kier alpha value is -0.460. The highest BCUT2D eigenvalue weighted by atomic mass is 79.9. The van der Waals surface area contributed by atoms with Crippen LogP contribution in [0.1, 0.15) is 17.2 Å². The Morgan fingerprint density at radius 2 is 2.22 bits per heavy atom. The number of thiophene rings is 1. The summed E-state index contributed by atoms with van der Waals surface area (Å²) in [5.74, 6) is 5.22. The van der Waals surface area contributed by atoms with Crippen molar-refractivity contribution in [2.45, 2.75) is 12.5 Å². The number of hydrazine groups is 1. The van der Waals surface area contributed by atoms with E-state index >= 15 is 0 Å². The SMILES string of the molecule is NNC(Cc1ccc(Cl)cc1F)c1csc(Br)c1. The lowest BCUT2D eigenvalue weighted by atomic mass is 10.0. The number of hydrogen-bond donors (Lipinski definition) is 2. The Labute approximate surface area is 122 Å². The maximum Gasteiger partial charge on any atom is 0.127 e. The molecule has 3 N–H and O–H groups in total. The summed E-state index contributed by atoms with van der Waals surface area (Å²) in [7, 11) is 0. The standard InChI is InChI=1S/C12H11BrClFN2S/c13-12-4-8(6-18-12)11(17-16)3-7-1-2-9(14)5-10(7)15/h1-2,4-6,11,17H,3,16H2. The van der Waals surface area contributed by atoms with E-state index in [0.29, 0.717) is 17.0 Å². The number of nitrogens with two attached hydrogens (primary N) is 1. The molecule has 0 aliphatic heterocycles. The normalized spacial score (nSPS) is 12.7. The molecule has 1 aromatic heterocycles. The predicted octanol–water partition coefficient (Wildman–Crippen LogP) is 4.05. The van der Waals surface area contributed by atoms with Gasteiger partial charge < -0.3 is 0 Å². The molecule has 1 unspecified atom stereocenters. The van der Waals surface area contributed by atoms with Gasteiger partial charge in [-0.1, -0.05) is 17.7 Å². The van der Waals surface area contributed by atoms with Crippen molar-refractivity contribution in [2.24, 2.45) is 5.84 Å². The molecule has 0 spiro atoms. The highest BCUT2D eigenvalue weighted by Crippen LogP contribution is 2.28. The minimum atomic E-state index is -0.308. The van der Waals surface area contributed by atoms with Crippen molar-refractivity contribution in [3.05, 3.63) is 55.4 Å². The molecule has 96 valence electrons. The van der Waals surface area contributed by atoms with E-state index in [1.54, 1.807) is 23.5 Å². The van der Waals surface area contributed by atoms with E-state index in [9.17, 15) is 4.39 Å². The first kappa shape index (κ1) is 14.0. The fraction of sp³-hybridized carbons (Fsp3) is 0.167. The van der Waals surface area contributed by atoms with Crippen LogP contribution >= 0.6 is 38.9 Å². The van der Waals surface area contributed by atoms with Crippen molar-refractivity contribution < 1.29 is 4.39 Å². The molecule has 2 aromatic rings. The maximum absolute atomic E-state index is 13.7. The number of halogens is 3. The van der Waals surface area contributed by atoms with Crippen LogP contribution in [0.25, 0.3) is 0 Å². The van der Waals surface area contributed by atoms with Crippen LogP contribution in [0, 0.1) is 5.82 Å². The number of benzene rings is 1. The zero-order valence-corrected chi connectivity index (χ0v) is 12.4. The third-order valence-electron chi connectivity index (χ3n) is 2.63. The topological polar surface area (TPSA) is 38.0 Å². The molecule has 0 aliphatic rings. The van der Waals surface area contributed by atoms with Crippen LogP contribution < -0.4 is 11.3 Å². The summed E-state index contributed by atoms with van der Waals surface area (Å²) in [6.07, 6.45) is 0.475. The quantitative estimate of drug-likeness (QED) is 0.645. The van der Waals surface area contributed by atoms with Gasteiger partial charge in [0.1, 0.15) is 5.82 Å². The van der Waals surface area contributed by atoms with E-state index < -0.39 is 0 Å². The van der Waals surface area contributed by atoms with E-state index in [1.165, 1.54) is 6.07 Å². The van der Waals surface area contributed by atoms with E-state index in [2.05, 4.69) is 21.4 Å². The molecule has 2 rings (SSSR count). The molecule has 0 amide bonds. The van der Waals surface area contributed by atoms with Gasteiger partial charge in [0.05, 0.1) is 9.83 Å². The van der Waals surface area contributed by atoms with Gasteiger partial charge in [-0.15, -0.1) is 11.3 Å². The molecule has 0 radical (unpaired) electrons. The van der Waals surface area contributed by atoms with E-state index in [-0.39, 0.29) is 11.9 Å². The van der Waals surface area contributed by atoms with Crippen molar-refractivity contribution in [2.75, 3.05) is 0 Å². The van der Waals surface area contributed by atoms with Gasteiger partial charge in [0.15, 0.2) is 0 Å². The molecule has 1 atom stereocenters. The van der Waals surface area contributed by atoms with Crippen molar-refractivity contribution in [1.29, 1.82) is 0 Å². The van der Waals surface area contributed by atoms with Crippen LogP contribution in [0.4, 0.5) is 4.39 Å². The molecule has 0 fully saturated rings. The minimum Gasteiger partial charge on any atom is -0.271 e. The zero-order chi connectivity index (χ0) is 13.1. The van der Waals surface area contributed by atoms with Crippen molar-refractivity contribution >= 4 is 38.9 Å². The number of rotatable bonds is 4. The Kier molecular flexibility index (Phi) is 4.75. The van der Waals surface area contributed by atoms with Gasteiger partial charge in [0, 0.05) is 5.02 Å². The summed E-state index contributed by atoms with van der Waals surface area (Å²) < 4.78 is 14.7. The zero-order valence-electron chi connectivity index (χ0n) is 9.29. The molecular weight excluding hydrogens is 339 g/mol. The highest BCUT2D eigenvalue weighted by molar-refractivity contribution is 9.11.